The van der Waals surface area contributed by atoms with Gasteiger partial charge >= 0.3 is 0 Å². The predicted octanol–water partition coefficient (Wildman–Crippen LogP) is 12.7. The van der Waals surface area contributed by atoms with E-state index in [1.165, 1.54) is 32.8 Å². The Balaban J connectivity index is 0.952. The van der Waals surface area contributed by atoms with Crippen molar-refractivity contribution in [3.63, 3.8) is 0 Å². The summed E-state index contributed by atoms with van der Waals surface area (Å²) in [6.07, 6.45) is 15.8. The van der Waals surface area contributed by atoms with Crippen LogP contribution < -0.4 is 0 Å². The van der Waals surface area contributed by atoms with Crippen molar-refractivity contribution >= 4 is 71.2 Å². The molecule has 11 heteroatoms. The van der Waals surface area contributed by atoms with Crippen LogP contribution in [0.2, 0.25) is 0 Å². The van der Waals surface area contributed by atoms with Crippen LogP contribution in [0.3, 0.4) is 0 Å². The van der Waals surface area contributed by atoms with Gasteiger partial charge in [-0.25, -0.2) is 19.9 Å². The molecule has 14 rings (SSSR count). The Morgan fingerprint density at radius 1 is 0.421 bits per heavy atom. The number of hydrogen-bond donors (Lipinski definition) is 0. The fraction of sp³-hybridized carbons (Fsp3) is 0.246. The molecule has 2 atom stereocenters. The minimum Gasteiger partial charge on any atom is -0.350 e. The lowest BCUT2D eigenvalue weighted by Crippen LogP contribution is -2.34. The lowest BCUT2D eigenvalue weighted by atomic mass is 9.75. The fourth-order valence-corrected chi connectivity index (χ4v) is 13.6. The summed E-state index contributed by atoms with van der Waals surface area (Å²) < 4.78 is 9.63. The Morgan fingerprint density at radius 3 is 1.18 bits per heavy atom. The summed E-state index contributed by atoms with van der Waals surface area (Å²) in [6, 6.07) is 52.9. The second-order valence-corrected chi connectivity index (χ2v) is 21.3. The van der Waals surface area contributed by atoms with Gasteiger partial charge in [-0.1, -0.05) is 97.1 Å². The first-order valence-corrected chi connectivity index (χ1v) is 27.1. The topological polar surface area (TPSA) is 94.8 Å². The monoisotopic (exact) mass is 996 g/mol. The average molecular weight is 997 g/mol. The number of carbonyl (C=O) groups excluding carboxylic acids is 1. The predicted molar refractivity (Wildman–Crippen MR) is 305 cm³/mol. The molecule has 76 heavy (non-hydrogen) atoms. The number of rotatable bonds is 12. The third kappa shape index (κ3) is 7.82. The van der Waals surface area contributed by atoms with Crippen LogP contribution >= 0.6 is 0 Å². The number of carbonyl (C=O) groups is 1. The van der Waals surface area contributed by atoms with Crippen LogP contribution in [0.5, 0.6) is 0 Å². The number of Topliss-reactive ketones (excluding diaryl/α,β-unsaturated/α-hetero) is 1. The molecule has 2 saturated heterocycles. The molecule has 11 nitrogen and oxygen atoms in total. The van der Waals surface area contributed by atoms with Gasteiger partial charge in [0, 0.05) is 155 Å². The van der Waals surface area contributed by atoms with E-state index in [0.717, 1.165) is 131 Å². The number of likely N-dealkylation sites (tertiary alicyclic amines) is 2. The van der Waals surface area contributed by atoms with Gasteiger partial charge in [-0.15, -0.1) is 0 Å². The van der Waals surface area contributed by atoms with Crippen LogP contribution in [0, 0.1) is 0 Å². The summed E-state index contributed by atoms with van der Waals surface area (Å²) in [4.78, 5) is 40.6. The summed E-state index contributed by atoms with van der Waals surface area (Å²) >= 11 is 0. The van der Waals surface area contributed by atoms with Crippen molar-refractivity contribution < 1.29 is 4.79 Å². The zero-order valence-corrected chi connectivity index (χ0v) is 43.1. The number of aromatic nitrogens is 8. The smallest absolute Gasteiger partial charge is 0.156 e. The first-order chi connectivity index (χ1) is 37.5. The first kappa shape index (κ1) is 46.3. The van der Waals surface area contributed by atoms with E-state index in [1.807, 2.05) is 36.9 Å². The van der Waals surface area contributed by atoms with E-state index < -0.39 is 11.8 Å². The molecule has 0 amide bonds. The van der Waals surface area contributed by atoms with E-state index in [4.69, 9.17) is 0 Å². The molecule has 376 valence electrons. The number of fused-ring (bicyclic) bond motifs is 8. The molecule has 2 aliphatic heterocycles. The maximum Gasteiger partial charge on any atom is 0.156 e. The maximum atomic E-state index is 17.4. The van der Waals surface area contributed by atoms with Gasteiger partial charge < -0.3 is 18.3 Å². The molecule has 2 fully saturated rings. The Labute approximate surface area is 441 Å². The SMILES string of the molecule is Cn1cc(C(C(=O)C(c2cn(C)c3ccccc23)c2cccc3c2c2ccccc2n3C2CCN(Cc3ncccn3)CC2)c2cccc3c2c2ccccc2n3C2CCN(Cc3ncccn3)CC2)c2ccccc21. The molecular weight excluding hydrogens is 937 g/mol. The zero-order valence-electron chi connectivity index (χ0n) is 43.1. The second kappa shape index (κ2) is 19.2. The maximum absolute atomic E-state index is 17.4. The molecular formula is C65H60N10O. The van der Waals surface area contributed by atoms with Crippen molar-refractivity contribution in [3.8, 4) is 0 Å². The molecule has 2 unspecified atom stereocenters. The highest BCUT2D eigenvalue weighted by atomic mass is 16.1. The van der Waals surface area contributed by atoms with Gasteiger partial charge in [0.25, 0.3) is 0 Å². The van der Waals surface area contributed by atoms with Crippen molar-refractivity contribution in [1.82, 2.24) is 48.0 Å². The molecule has 0 bridgehead atoms. The van der Waals surface area contributed by atoms with Gasteiger partial charge in [0.1, 0.15) is 11.6 Å². The van der Waals surface area contributed by atoms with Crippen molar-refractivity contribution in [2.75, 3.05) is 26.2 Å². The van der Waals surface area contributed by atoms with E-state index in [2.05, 4.69) is 208 Å². The number of ketones is 1. The summed E-state index contributed by atoms with van der Waals surface area (Å²) in [7, 11) is 4.24. The highest BCUT2D eigenvalue weighted by Gasteiger charge is 2.39. The summed E-state index contributed by atoms with van der Waals surface area (Å²) in [6.45, 7) is 5.29. The van der Waals surface area contributed by atoms with E-state index in [0.29, 0.717) is 0 Å². The van der Waals surface area contributed by atoms with Crippen LogP contribution in [0.4, 0.5) is 0 Å². The molecule has 6 aromatic carbocycles. The van der Waals surface area contributed by atoms with Gasteiger partial charge in [-0.2, -0.15) is 0 Å². The molecule has 6 aromatic heterocycles. The normalized spacial score (nSPS) is 16.2. The van der Waals surface area contributed by atoms with Crippen molar-refractivity contribution in [2.45, 2.75) is 62.7 Å². The lowest BCUT2D eigenvalue weighted by molar-refractivity contribution is -0.120. The number of piperidine rings is 2. The largest absolute Gasteiger partial charge is 0.350 e. The third-order valence-corrected chi connectivity index (χ3v) is 17.0. The van der Waals surface area contributed by atoms with Gasteiger partial charge in [0.2, 0.25) is 0 Å². The van der Waals surface area contributed by atoms with Crippen LogP contribution in [0.1, 0.15) is 83.5 Å². The molecule has 0 radical (unpaired) electrons. The van der Waals surface area contributed by atoms with Gasteiger partial charge in [0.15, 0.2) is 5.78 Å². The quantitative estimate of drug-likeness (QED) is 0.120. The molecule has 0 spiro atoms. The molecule has 2 aliphatic rings. The Hall–Kier alpha value is -8.25. The average Bonchev–Trinajstić information content (AvgIpc) is 4.20. The van der Waals surface area contributed by atoms with Gasteiger partial charge in [0.05, 0.1) is 24.9 Å². The molecule has 0 aliphatic carbocycles. The van der Waals surface area contributed by atoms with E-state index in [9.17, 15) is 0 Å². The van der Waals surface area contributed by atoms with E-state index in [-0.39, 0.29) is 17.9 Å². The van der Waals surface area contributed by atoms with Gasteiger partial charge in [-0.05, 0) is 96.5 Å². The minimum absolute atomic E-state index is 0.161. The number of hydrogen-bond acceptors (Lipinski definition) is 7. The van der Waals surface area contributed by atoms with E-state index in [1.54, 1.807) is 0 Å². The summed E-state index contributed by atoms with van der Waals surface area (Å²) in [5, 5.41) is 6.86. The fourth-order valence-electron chi connectivity index (χ4n) is 13.6. The lowest BCUT2D eigenvalue weighted by Gasteiger charge is -2.33. The van der Waals surface area contributed by atoms with Crippen LogP contribution in [0.15, 0.2) is 183 Å². The highest BCUT2D eigenvalue weighted by Crippen LogP contribution is 2.49. The standard InChI is InChI=1S/C65H60N10O/c1-70-39-51(45-15-3-7-21-53(45)70)63(49-19-11-25-57-61(49)47-17-5-9-23-55(47)74(57)43-27-35-72(36-28-43)41-59-66-31-13-32-67-59)65(76)64(52-40-71(2)54-22-8-4-16-46(52)54)50-20-12-26-58-62(50)48-18-6-10-24-56(48)75(58)44-29-37-73(38-30-44)42-60-68-33-14-34-69-60/h3-26,31-34,39-40,43-44,63-64H,27-30,35-38,41-42H2,1-2H3. The zero-order chi connectivity index (χ0) is 50.9. The number of benzene rings is 6. The van der Waals surface area contributed by atoms with E-state index >= 15 is 4.79 Å². The van der Waals surface area contributed by atoms with Crippen LogP contribution in [-0.4, -0.2) is 80.0 Å². The van der Waals surface area contributed by atoms with Crippen LogP contribution in [-0.2, 0) is 32.0 Å². The number of para-hydroxylation sites is 4. The summed E-state index contributed by atoms with van der Waals surface area (Å²) in [5.41, 5.74) is 11.1. The second-order valence-electron chi connectivity index (χ2n) is 21.3. The minimum atomic E-state index is -0.632. The Kier molecular flexibility index (Phi) is 11.7. The first-order valence-electron chi connectivity index (χ1n) is 27.1. The Morgan fingerprint density at radius 2 is 0.776 bits per heavy atom. The molecule has 12 aromatic rings. The van der Waals surface area contributed by atoms with Crippen LogP contribution in [0.25, 0.3) is 65.4 Å². The summed E-state index contributed by atoms with van der Waals surface area (Å²) in [5.74, 6) is 0.623. The number of nitrogens with zero attached hydrogens (tertiary/aromatic N) is 10. The van der Waals surface area contributed by atoms with Crippen molar-refractivity contribution in [1.29, 1.82) is 0 Å². The van der Waals surface area contributed by atoms with Crippen molar-refractivity contribution in [3.05, 3.63) is 217 Å². The highest BCUT2D eigenvalue weighted by molar-refractivity contribution is 6.16. The molecule has 0 N–H and O–H groups in total. The van der Waals surface area contributed by atoms with Gasteiger partial charge in [-0.3, -0.25) is 14.6 Å². The third-order valence-electron chi connectivity index (χ3n) is 17.0. The van der Waals surface area contributed by atoms with Crippen molar-refractivity contribution in [2.24, 2.45) is 14.1 Å². The number of aryl methyl sites for hydroxylation is 2. The molecule has 0 saturated carbocycles. The molecule has 8 heterocycles. The Bertz CT molecular complexity index is 3850.